The van der Waals surface area contributed by atoms with E-state index in [1.54, 1.807) is 7.05 Å². The summed E-state index contributed by atoms with van der Waals surface area (Å²) in [5.74, 6) is -1.05. The zero-order valence-corrected chi connectivity index (χ0v) is 23.0. The summed E-state index contributed by atoms with van der Waals surface area (Å²) < 4.78 is 5.65. The number of benzene rings is 3. The van der Waals surface area contributed by atoms with E-state index in [1.165, 1.54) is 0 Å². The molecule has 0 aromatic heterocycles. The van der Waals surface area contributed by atoms with Crippen LogP contribution in [0.15, 0.2) is 83.9 Å². The number of carbonyl (C=O) groups excluding carboxylic acids is 3. The Balaban J connectivity index is 1.42. The van der Waals surface area contributed by atoms with Gasteiger partial charge in [-0.3, -0.25) is 14.6 Å². The van der Waals surface area contributed by atoms with Crippen molar-refractivity contribution in [1.82, 2.24) is 16.0 Å². The third kappa shape index (κ3) is 7.63. The number of hydrogen-bond acceptors (Lipinski definition) is 5. The molecule has 3 amide bonds. The Labute approximate surface area is 239 Å². The molecule has 1 aliphatic rings. The van der Waals surface area contributed by atoms with Crippen LogP contribution in [0.4, 0.5) is 4.79 Å². The van der Waals surface area contributed by atoms with Gasteiger partial charge >= 0.3 is 6.09 Å². The topological polar surface area (TPSA) is 161 Å². The Morgan fingerprint density at radius 2 is 1.46 bits per heavy atom. The number of guanidine groups is 1. The summed E-state index contributed by atoms with van der Waals surface area (Å²) >= 11 is 0. The molecule has 2 atom stereocenters. The number of ether oxygens (including phenoxy) is 1. The summed E-state index contributed by atoms with van der Waals surface area (Å²) in [4.78, 5) is 42.3. The number of alkyl carbamates (subject to hydrolysis) is 1. The molecule has 10 heteroatoms. The zero-order chi connectivity index (χ0) is 29.2. The van der Waals surface area contributed by atoms with Crippen molar-refractivity contribution in [3.63, 3.8) is 0 Å². The minimum absolute atomic E-state index is 0.108. The predicted octanol–water partition coefficient (Wildman–Crippen LogP) is 2.42. The molecule has 0 fully saturated rings. The number of hydrogen-bond donors (Lipinski definition) is 5. The molecular weight excluding hydrogens is 520 g/mol. The van der Waals surface area contributed by atoms with Gasteiger partial charge in [-0.2, -0.15) is 0 Å². The van der Waals surface area contributed by atoms with Crippen LogP contribution in [0.3, 0.4) is 0 Å². The third-order valence-corrected chi connectivity index (χ3v) is 7.11. The maximum absolute atomic E-state index is 13.3. The number of fused-ring (bicyclic) bond motifs is 3. The van der Waals surface area contributed by atoms with Crippen molar-refractivity contribution in [3.05, 3.63) is 95.6 Å². The highest BCUT2D eigenvalue weighted by Crippen LogP contribution is 2.44. The number of rotatable bonds is 12. The summed E-state index contributed by atoms with van der Waals surface area (Å²) in [6.45, 7) is 0.541. The largest absolute Gasteiger partial charge is 0.449 e. The highest BCUT2D eigenvalue weighted by Gasteiger charge is 2.30. The minimum Gasteiger partial charge on any atom is -0.449 e. The molecule has 3 aromatic rings. The smallest absolute Gasteiger partial charge is 0.407 e. The monoisotopic (exact) mass is 556 g/mol. The SMILES string of the molecule is CN=C(N)NCCC[C@H](NC(=O)OCC1c2ccccc2-c2ccccc21)C(=O)N[C@@H](Cc1ccccc1)C(N)=O. The van der Waals surface area contributed by atoms with Crippen LogP contribution in [0.2, 0.25) is 0 Å². The molecule has 0 radical (unpaired) electrons. The first-order valence-electron chi connectivity index (χ1n) is 13.6. The summed E-state index contributed by atoms with van der Waals surface area (Å²) in [5, 5.41) is 8.32. The standard InChI is InChI=1S/C31H36N6O4/c1-34-30(33)35-17-9-16-26(29(39)36-27(28(32)38)18-20-10-3-2-4-11-20)37-31(40)41-19-25-23-14-7-5-12-21(23)22-13-6-8-15-24(22)25/h2-8,10-15,25-27H,9,16-19H2,1H3,(H2,32,38)(H,36,39)(H,37,40)(H3,33,34,35)/t26-,27-/m0/s1. The van der Waals surface area contributed by atoms with Gasteiger partial charge in [0.2, 0.25) is 11.8 Å². The van der Waals surface area contributed by atoms with Crippen LogP contribution >= 0.6 is 0 Å². The van der Waals surface area contributed by atoms with Crippen molar-refractivity contribution < 1.29 is 19.1 Å². The normalized spacial score (nSPS) is 13.8. The van der Waals surface area contributed by atoms with E-state index >= 15 is 0 Å². The van der Waals surface area contributed by atoms with Crippen LogP contribution in [-0.4, -0.2) is 56.2 Å². The van der Waals surface area contributed by atoms with Crippen molar-refractivity contribution in [2.45, 2.75) is 37.3 Å². The van der Waals surface area contributed by atoms with Crippen molar-refractivity contribution in [1.29, 1.82) is 0 Å². The van der Waals surface area contributed by atoms with Crippen molar-refractivity contribution in [2.24, 2.45) is 16.5 Å². The van der Waals surface area contributed by atoms with Gasteiger partial charge in [0.1, 0.15) is 18.7 Å². The van der Waals surface area contributed by atoms with Gasteiger partial charge in [-0.05, 0) is 40.7 Å². The number of aliphatic imine (C=N–C) groups is 1. The molecule has 7 N–H and O–H groups in total. The number of carbonyl (C=O) groups is 3. The van der Waals surface area contributed by atoms with Gasteiger partial charge in [0.25, 0.3) is 0 Å². The van der Waals surface area contributed by atoms with E-state index in [4.69, 9.17) is 16.2 Å². The quantitative estimate of drug-likeness (QED) is 0.131. The van der Waals surface area contributed by atoms with Gasteiger partial charge < -0.3 is 32.2 Å². The van der Waals surface area contributed by atoms with E-state index in [0.717, 1.165) is 27.8 Å². The number of primary amides is 1. The van der Waals surface area contributed by atoms with Crippen LogP contribution in [0.25, 0.3) is 11.1 Å². The van der Waals surface area contributed by atoms with Crippen LogP contribution < -0.4 is 27.4 Å². The second-order valence-corrected chi connectivity index (χ2v) is 9.85. The van der Waals surface area contributed by atoms with Crippen LogP contribution in [0.1, 0.15) is 35.4 Å². The molecule has 4 rings (SSSR count). The average Bonchev–Trinajstić information content (AvgIpc) is 3.31. The van der Waals surface area contributed by atoms with Crippen molar-refractivity contribution in [2.75, 3.05) is 20.2 Å². The van der Waals surface area contributed by atoms with Gasteiger partial charge in [-0.1, -0.05) is 78.9 Å². The average molecular weight is 557 g/mol. The summed E-state index contributed by atoms with van der Waals surface area (Å²) in [6, 6.07) is 23.4. The molecule has 41 heavy (non-hydrogen) atoms. The molecule has 0 saturated heterocycles. The molecule has 0 spiro atoms. The molecule has 0 aliphatic heterocycles. The highest BCUT2D eigenvalue weighted by atomic mass is 16.5. The Hall–Kier alpha value is -4.86. The number of amides is 3. The maximum Gasteiger partial charge on any atom is 0.407 e. The van der Waals surface area contributed by atoms with Crippen LogP contribution in [-0.2, 0) is 20.7 Å². The zero-order valence-electron chi connectivity index (χ0n) is 23.0. The number of nitrogens with one attached hydrogen (secondary N) is 3. The second-order valence-electron chi connectivity index (χ2n) is 9.85. The first kappa shape index (κ1) is 29.1. The molecule has 214 valence electrons. The molecule has 0 unspecified atom stereocenters. The van der Waals surface area contributed by atoms with E-state index in [0.29, 0.717) is 13.0 Å². The lowest BCUT2D eigenvalue weighted by Gasteiger charge is -2.22. The van der Waals surface area contributed by atoms with Crippen LogP contribution in [0, 0.1) is 0 Å². The fourth-order valence-corrected chi connectivity index (χ4v) is 5.00. The van der Waals surface area contributed by atoms with Gasteiger partial charge in [0.15, 0.2) is 5.96 Å². The number of nitrogens with zero attached hydrogens (tertiary/aromatic N) is 1. The first-order chi connectivity index (χ1) is 19.9. The molecule has 1 aliphatic carbocycles. The molecule has 3 aromatic carbocycles. The van der Waals surface area contributed by atoms with Crippen molar-refractivity contribution >= 4 is 23.9 Å². The Bertz CT molecular complexity index is 1350. The van der Waals surface area contributed by atoms with E-state index in [-0.39, 0.29) is 31.3 Å². The fraction of sp³-hybridized carbons (Fsp3) is 0.290. The van der Waals surface area contributed by atoms with Gasteiger partial charge in [-0.15, -0.1) is 0 Å². The van der Waals surface area contributed by atoms with E-state index < -0.39 is 30.0 Å². The van der Waals surface area contributed by atoms with Crippen LogP contribution in [0.5, 0.6) is 0 Å². The minimum atomic E-state index is -0.968. The summed E-state index contributed by atoms with van der Waals surface area (Å²) in [5.41, 5.74) is 16.5. The molecule has 10 nitrogen and oxygen atoms in total. The first-order valence-corrected chi connectivity index (χ1v) is 13.6. The second kappa shape index (κ2) is 14.0. The molecule has 0 saturated carbocycles. The third-order valence-electron chi connectivity index (χ3n) is 7.11. The Kier molecular flexibility index (Phi) is 9.93. The number of nitrogens with two attached hydrogens (primary N) is 2. The predicted molar refractivity (Wildman–Crippen MR) is 158 cm³/mol. The highest BCUT2D eigenvalue weighted by molar-refractivity contribution is 5.91. The molecule has 0 heterocycles. The van der Waals surface area contributed by atoms with Crippen molar-refractivity contribution in [3.8, 4) is 11.1 Å². The van der Waals surface area contributed by atoms with E-state index in [9.17, 15) is 14.4 Å². The summed E-state index contributed by atoms with van der Waals surface area (Å²) in [6.07, 6.45) is 0.243. The molecule has 0 bridgehead atoms. The van der Waals surface area contributed by atoms with Gasteiger partial charge in [0, 0.05) is 25.9 Å². The maximum atomic E-state index is 13.3. The van der Waals surface area contributed by atoms with E-state index in [1.807, 2.05) is 66.7 Å². The van der Waals surface area contributed by atoms with Gasteiger partial charge in [-0.25, -0.2) is 4.79 Å². The Morgan fingerprint density at radius 3 is 2.07 bits per heavy atom. The summed E-state index contributed by atoms with van der Waals surface area (Å²) in [7, 11) is 1.56. The molecular formula is C31H36N6O4. The Morgan fingerprint density at radius 1 is 0.854 bits per heavy atom. The van der Waals surface area contributed by atoms with Gasteiger partial charge in [0.05, 0.1) is 0 Å². The lowest BCUT2D eigenvalue weighted by Crippen LogP contribution is -2.53. The fourth-order valence-electron chi connectivity index (χ4n) is 5.00. The lowest BCUT2D eigenvalue weighted by molar-refractivity contribution is -0.128. The van der Waals surface area contributed by atoms with E-state index in [2.05, 4.69) is 33.1 Å². The lowest BCUT2D eigenvalue weighted by atomic mass is 9.98.